The lowest BCUT2D eigenvalue weighted by Gasteiger charge is -2.33. The van der Waals surface area contributed by atoms with Gasteiger partial charge in [-0.25, -0.2) is 13.1 Å². The fourth-order valence-corrected chi connectivity index (χ4v) is 6.11. The molecular formula is C25H25Cl2N5O3S. The van der Waals surface area contributed by atoms with Crippen LogP contribution in [0.3, 0.4) is 0 Å². The van der Waals surface area contributed by atoms with Crippen LogP contribution in [0.5, 0.6) is 0 Å². The maximum absolute atomic E-state index is 14.1. The van der Waals surface area contributed by atoms with Crippen molar-refractivity contribution in [2.75, 3.05) is 4.31 Å². The summed E-state index contributed by atoms with van der Waals surface area (Å²) in [6.07, 6.45) is 3.01. The first-order valence-corrected chi connectivity index (χ1v) is 13.5. The average molecular weight is 546 g/mol. The Morgan fingerprint density at radius 2 is 1.72 bits per heavy atom. The zero-order chi connectivity index (χ0) is 25.7. The number of aliphatic hydroxyl groups excluding tert-OH is 1. The van der Waals surface area contributed by atoms with Crippen molar-refractivity contribution in [2.45, 2.75) is 43.9 Å². The molecule has 0 spiro atoms. The molecule has 4 rings (SSSR count). The van der Waals surface area contributed by atoms with Gasteiger partial charge in [0, 0.05) is 22.2 Å². The number of halogens is 2. The van der Waals surface area contributed by atoms with Crippen LogP contribution >= 0.6 is 23.2 Å². The Morgan fingerprint density at radius 3 is 2.42 bits per heavy atom. The number of aliphatic hydroxyl groups is 1. The topological polar surface area (TPSA) is 101 Å². The predicted octanol–water partition coefficient (Wildman–Crippen LogP) is 5.06. The van der Waals surface area contributed by atoms with E-state index in [2.05, 4.69) is 15.5 Å². The molecule has 1 N–H and O–H groups in total. The van der Waals surface area contributed by atoms with Crippen molar-refractivity contribution >= 4 is 38.9 Å². The highest BCUT2D eigenvalue weighted by atomic mass is 35.5. The van der Waals surface area contributed by atoms with Gasteiger partial charge in [0.05, 0.1) is 23.2 Å². The second kappa shape index (κ2) is 11.4. The van der Waals surface area contributed by atoms with Gasteiger partial charge in [-0.3, -0.25) is 4.31 Å². The minimum absolute atomic E-state index is 0.0822. The Kier molecular flexibility index (Phi) is 8.25. The SMILES string of the molecule is C[C@H](c1ccccc1CCCn1cnnn1)N(c1cc(Cl)ccc1CO)S(=O)(=O)c1ccc(Cl)cc1. The summed E-state index contributed by atoms with van der Waals surface area (Å²) in [6, 6.07) is 18.0. The van der Waals surface area contributed by atoms with Gasteiger partial charge in [0.25, 0.3) is 10.0 Å². The van der Waals surface area contributed by atoms with Gasteiger partial charge in [-0.15, -0.1) is 5.10 Å². The fraction of sp³-hybridized carbons (Fsp3) is 0.240. The largest absolute Gasteiger partial charge is 0.392 e. The maximum Gasteiger partial charge on any atom is 0.264 e. The van der Waals surface area contributed by atoms with Crippen molar-refractivity contribution in [3.05, 3.63) is 99.8 Å². The van der Waals surface area contributed by atoms with Crippen LogP contribution in [0.25, 0.3) is 0 Å². The van der Waals surface area contributed by atoms with Gasteiger partial charge < -0.3 is 5.11 Å². The molecule has 0 unspecified atom stereocenters. The first-order chi connectivity index (χ1) is 17.3. The maximum atomic E-state index is 14.1. The molecule has 0 bridgehead atoms. The first-order valence-electron chi connectivity index (χ1n) is 11.3. The third-order valence-electron chi connectivity index (χ3n) is 5.91. The predicted molar refractivity (Wildman–Crippen MR) is 139 cm³/mol. The summed E-state index contributed by atoms with van der Waals surface area (Å²) < 4.78 is 31.1. The van der Waals surface area contributed by atoms with Crippen molar-refractivity contribution < 1.29 is 13.5 Å². The number of sulfonamides is 1. The molecule has 4 aromatic rings. The van der Waals surface area contributed by atoms with Gasteiger partial charge in [0.15, 0.2) is 0 Å². The van der Waals surface area contributed by atoms with Crippen LogP contribution in [0.15, 0.2) is 78.0 Å². The minimum Gasteiger partial charge on any atom is -0.392 e. The number of tetrazole rings is 1. The summed E-state index contributed by atoms with van der Waals surface area (Å²) >= 11 is 12.3. The van der Waals surface area contributed by atoms with Crippen LogP contribution in [-0.4, -0.2) is 33.7 Å². The highest BCUT2D eigenvalue weighted by Crippen LogP contribution is 2.38. The van der Waals surface area contributed by atoms with Gasteiger partial charge in [-0.1, -0.05) is 53.5 Å². The van der Waals surface area contributed by atoms with Gasteiger partial charge in [0.1, 0.15) is 6.33 Å². The molecule has 0 aliphatic rings. The first kappa shape index (κ1) is 26.1. The molecule has 1 heterocycles. The Labute approximate surface area is 220 Å². The van der Waals surface area contributed by atoms with Crippen LogP contribution in [0, 0.1) is 0 Å². The van der Waals surface area contributed by atoms with E-state index in [1.807, 2.05) is 31.2 Å². The van der Waals surface area contributed by atoms with E-state index < -0.39 is 16.1 Å². The van der Waals surface area contributed by atoms with Crippen molar-refractivity contribution in [1.82, 2.24) is 20.2 Å². The minimum atomic E-state index is -4.07. The van der Waals surface area contributed by atoms with Crippen molar-refractivity contribution in [3.63, 3.8) is 0 Å². The van der Waals surface area contributed by atoms with E-state index in [0.29, 0.717) is 34.3 Å². The molecule has 3 aromatic carbocycles. The normalized spacial score (nSPS) is 12.4. The molecule has 0 aliphatic carbocycles. The number of rotatable bonds is 10. The second-order valence-electron chi connectivity index (χ2n) is 8.24. The number of hydrogen-bond donors (Lipinski definition) is 1. The summed E-state index contributed by atoms with van der Waals surface area (Å²) in [4.78, 5) is 0.0822. The monoisotopic (exact) mass is 545 g/mol. The van der Waals surface area contributed by atoms with Crippen molar-refractivity contribution in [2.24, 2.45) is 0 Å². The van der Waals surface area contributed by atoms with E-state index in [9.17, 15) is 13.5 Å². The fourth-order valence-electron chi connectivity index (χ4n) is 4.15. The highest BCUT2D eigenvalue weighted by molar-refractivity contribution is 7.92. The number of benzene rings is 3. The summed E-state index contributed by atoms with van der Waals surface area (Å²) in [5.41, 5.74) is 2.61. The number of hydrogen-bond acceptors (Lipinski definition) is 6. The lowest BCUT2D eigenvalue weighted by atomic mass is 9.97. The molecule has 1 atom stereocenters. The van der Waals surface area contributed by atoms with E-state index in [1.54, 1.807) is 29.2 Å². The zero-order valence-electron chi connectivity index (χ0n) is 19.5. The van der Waals surface area contributed by atoms with Crippen LogP contribution in [-0.2, 0) is 29.6 Å². The van der Waals surface area contributed by atoms with E-state index in [0.717, 1.165) is 17.5 Å². The Balaban J connectivity index is 1.78. The number of anilines is 1. The number of aromatic nitrogens is 4. The smallest absolute Gasteiger partial charge is 0.264 e. The van der Waals surface area contributed by atoms with Crippen molar-refractivity contribution in [3.8, 4) is 0 Å². The molecule has 8 nitrogen and oxygen atoms in total. The zero-order valence-corrected chi connectivity index (χ0v) is 21.8. The van der Waals surface area contributed by atoms with Crippen LogP contribution in [0.1, 0.15) is 36.1 Å². The molecular weight excluding hydrogens is 521 g/mol. The lowest BCUT2D eigenvalue weighted by Crippen LogP contribution is -2.35. The molecule has 0 amide bonds. The summed E-state index contributed by atoms with van der Waals surface area (Å²) in [5, 5.41) is 22.0. The quantitative estimate of drug-likeness (QED) is 0.298. The lowest BCUT2D eigenvalue weighted by molar-refractivity contribution is 0.282. The standard InChI is InChI=1S/C25H25Cl2N5O3S/c1-18(24-7-3-2-5-19(24)6-4-14-31-17-28-29-30-31)32(25-15-22(27)9-8-20(25)16-33)36(34,35)23-12-10-21(26)11-13-23/h2-3,5,7-13,15,17-18,33H,4,6,14,16H2,1H3/t18-/m1/s1. The number of aryl methyl sites for hydroxylation is 2. The Hall–Kier alpha value is -2.98. The summed E-state index contributed by atoms with van der Waals surface area (Å²) in [6.45, 7) is 2.11. The molecule has 0 radical (unpaired) electrons. The third kappa shape index (κ3) is 5.70. The Bertz CT molecular complexity index is 1410. The molecule has 11 heteroatoms. The highest BCUT2D eigenvalue weighted by Gasteiger charge is 2.33. The molecule has 188 valence electrons. The summed E-state index contributed by atoms with van der Waals surface area (Å²) in [5.74, 6) is 0. The molecule has 1 aromatic heterocycles. The van der Waals surface area contributed by atoms with Crippen molar-refractivity contribution in [1.29, 1.82) is 0 Å². The van der Waals surface area contributed by atoms with E-state index >= 15 is 0 Å². The van der Waals surface area contributed by atoms with Crippen LogP contribution in [0.4, 0.5) is 5.69 Å². The summed E-state index contributed by atoms with van der Waals surface area (Å²) in [7, 11) is -4.07. The van der Waals surface area contributed by atoms with Gasteiger partial charge >= 0.3 is 0 Å². The van der Waals surface area contributed by atoms with Gasteiger partial charge in [-0.2, -0.15) is 0 Å². The van der Waals surface area contributed by atoms with Gasteiger partial charge in [0.2, 0.25) is 0 Å². The molecule has 0 fully saturated rings. The molecule has 0 saturated heterocycles. The van der Waals surface area contributed by atoms with Gasteiger partial charge in [-0.05, 0) is 77.7 Å². The van der Waals surface area contributed by atoms with Crippen LogP contribution < -0.4 is 4.31 Å². The molecule has 36 heavy (non-hydrogen) atoms. The van der Waals surface area contributed by atoms with Crippen LogP contribution in [0.2, 0.25) is 10.0 Å². The average Bonchev–Trinajstić information content (AvgIpc) is 3.38. The second-order valence-corrected chi connectivity index (χ2v) is 10.9. The Morgan fingerprint density at radius 1 is 1.00 bits per heavy atom. The molecule has 0 aliphatic heterocycles. The number of nitrogens with zero attached hydrogens (tertiary/aromatic N) is 5. The van der Waals surface area contributed by atoms with E-state index in [1.165, 1.54) is 28.6 Å². The molecule has 0 saturated carbocycles. The van der Waals surface area contributed by atoms with E-state index in [4.69, 9.17) is 23.2 Å². The van der Waals surface area contributed by atoms with E-state index in [-0.39, 0.29) is 11.5 Å². The third-order valence-corrected chi connectivity index (χ3v) is 8.29.